The summed E-state index contributed by atoms with van der Waals surface area (Å²) in [5, 5.41) is 5.93. The molecule has 3 aromatic carbocycles. The maximum atomic E-state index is 13.0. The Morgan fingerprint density at radius 2 is 1.57 bits per heavy atom. The van der Waals surface area contributed by atoms with E-state index in [1.165, 1.54) is 18.2 Å². The number of imide groups is 1. The lowest BCUT2D eigenvalue weighted by molar-refractivity contribution is -0.120. The maximum Gasteiger partial charge on any atom is 0.283 e. The van der Waals surface area contributed by atoms with Gasteiger partial charge in [0, 0.05) is 21.3 Å². The number of halogens is 3. The Kier molecular flexibility index (Phi) is 7.31. The number of amides is 3. The van der Waals surface area contributed by atoms with Gasteiger partial charge in [-0.1, -0.05) is 46.9 Å². The van der Waals surface area contributed by atoms with Gasteiger partial charge in [-0.05, 0) is 61.5 Å². The van der Waals surface area contributed by atoms with Crippen LogP contribution in [0.5, 0.6) is 5.75 Å². The fourth-order valence-electron chi connectivity index (χ4n) is 3.41. The summed E-state index contributed by atoms with van der Waals surface area (Å²) in [6, 6.07) is 17.8. The highest BCUT2D eigenvalue weighted by molar-refractivity contribution is 6.53. The van der Waals surface area contributed by atoms with Crippen molar-refractivity contribution in [3.05, 3.63) is 93.1 Å². The van der Waals surface area contributed by atoms with Crippen LogP contribution < -0.4 is 20.3 Å². The summed E-state index contributed by atoms with van der Waals surface area (Å²) in [4.78, 5) is 39.2. The highest BCUT2D eigenvalue weighted by Gasteiger charge is 2.39. The number of anilines is 3. The molecule has 178 valence electrons. The van der Waals surface area contributed by atoms with Gasteiger partial charge in [0.15, 0.2) is 0 Å². The molecule has 0 aromatic heterocycles. The fourth-order valence-corrected chi connectivity index (χ4v) is 4.14. The summed E-state index contributed by atoms with van der Waals surface area (Å²) in [6.45, 7) is 2.33. The van der Waals surface area contributed by atoms with Crippen molar-refractivity contribution in [3.63, 3.8) is 0 Å². The van der Waals surface area contributed by atoms with Crippen LogP contribution >= 0.6 is 34.8 Å². The van der Waals surface area contributed by atoms with Gasteiger partial charge in [-0.3, -0.25) is 14.4 Å². The second-order valence-corrected chi connectivity index (χ2v) is 8.60. The van der Waals surface area contributed by atoms with Gasteiger partial charge in [0.05, 0.1) is 18.0 Å². The van der Waals surface area contributed by atoms with Crippen molar-refractivity contribution < 1.29 is 19.1 Å². The first-order valence-corrected chi connectivity index (χ1v) is 11.6. The Morgan fingerprint density at radius 3 is 2.23 bits per heavy atom. The molecule has 2 N–H and O–H groups in total. The standard InChI is InChI=1S/C25H18Cl3N3O4/c1-2-35-20-6-4-3-5-19(20)30-23(32)14-7-9-17(10-8-14)29-22-21(28)24(33)31(25(22)34)18-12-15(26)11-16(27)13-18/h3-13,29H,2H2,1H3,(H,30,32). The van der Waals surface area contributed by atoms with Crippen LogP contribution in [0.15, 0.2) is 77.5 Å². The molecule has 0 fully saturated rings. The van der Waals surface area contributed by atoms with Crippen LogP contribution in [-0.4, -0.2) is 24.3 Å². The third-order valence-corrected chi connectivity index (χ3v) is 5.77. The SMILES string of the molecule is CCOc1ccccc1NC(=O)c1ccc(NC2=C(Cl)C(=O)N(c3cc(Cl)cc(Cl)c3)C2=O)cc1. The Balaban J connectivity index is 1.49. The molecule has 0 aliphatic carbocycles. The Bertz CT molecular complexity index is 1340. The number of ether oxygens (including phenoxy) is 1. The molecule has 35 heavy (non-hydrogen) atoms. The van der Waals surface area contributed by atoms with E-state index in [4.69, 9.17) is 39.5 Å². The van der Waals surface area contributed by atoms with Crippen molar-refractivity contribution in [2.24, 2.45) is 0 Å². The van der Waals surface area contributed by atoms with Gasteiger partial charge in [0.1, 0.15) is 16.5 Å². The number of nitrogens with one attached hydrogen (secondary N) is 2. The molecule has 0 saturated carbocycles. The molecule has 0 atom stereocenters. The smallest absolute Gasteiger partial charge is 0.283 e. The molecule has 0 bridgehead atoms. The zero-order chi connectivity index (χ0) is 25.1. The minimum Gasteiger partial charge on any atom is -0.492 e. The molecule has 4 rings (SSSR count). The summed E-state index contributed by atoms with van der Waals surface area (Å²) in [5.41, 5.74) is 1.49. The summed E-state index contributed by atoms with van der Waals surface area (Å²) >= 11 is 18.2. The van der Waals surface area contributed by atoms with Crippen molar-refractivity contribution >= 4 is 69.6 Å². The van der Waals surface area contributed by atoms with Gasteiger partial charge in [-0.2, -0.15) is 0 Å². The van der Waals surface area contributed by atoms with Crippen LogP contribution in [0.2, 0.25) is 10.0 Å². The van der Waals surface area contributed by atoms with E-state index < -0.39 is 11.8 Å². The van der Waals surface area contributed by atoms with Gasteiger partial charge < -0.3 is 15.4 Å². The van der Waals surface area contributed by atoms with Crippen LogP contribution in [0.1, 0.15) is 17.3 Å². The molecule has 0 radical (unpaired) electrons. The van der Waals surface area contributed by atoms with E-state index in [0.717, 1.165) is 4.90 Å². The van der Waals surface area contributed by atoms with E-state index in [1.807, 2.05) is 13.0 Å². The number of hydrogen-bond donors (Lipinski definition) is 2. The molecule has 0 saturated heterocycles. The molecule has 0 unspecified atom stereocenters. The average Bonchev–Trinajstić information content (AvgIpc) is 3.03. The van der Waals surface area contributed by atoms with Gasteiger partial charge in [0.25, 0.3) is 17.7 Å². The number of rotatable bonds is 7. The van der Waals surface area contributed by atoms with Crippen LogP contribution in [-0.2, 0) is 9.59 Å². The van der Waals surface area contributed by atoms with E-state index >= 15 is 0 Å². The predicted octanol–water partition coefficient (Wildman–Crippen LogP) is 6.08. The van der Waals surface area contributed by atoms with Crippen LogP contribution in [0.25, 0.3) is 0 Å². The van der Waals surface area contributed by atoms with Gasteiger partial charge >= 0.3 is 0 Å². The third-order valence-electron chi connectivity index (χ3n) is 4.98. The Labute approximate surface area is 216 Å². The molecule has 1 aliphatic rings. The first-order chi connectivity index (χ1) is 16.8. The lowest BCUT2D eigenvalue weighted by atomic mass is 10.1. The molecular formula is C25H18Cl3N3O4. The lowest BCUT2D eigenvalue weighted by Crippen LogP contribution is -2.32. The van der Waals surface area contributed by atoms with Crippen molar-refractivity contribution in [2.45, 2.75) is 6.92 Å². The number of para-hydroxylation sites is 2. The summed E-state index contributed by atoms with van der Waals surface area (Å²) in [5.74, 6) is -1.13. The normalized spacial score (nSPS) is 13.3. The van der Waals surface area contributed by atoms with Crippen molar-refractivity contribution in [1.29, 1.82) is 0 Å². The lowest BCUT2D eigenvalue weighted by Gasteiger charge is -2.16. The number of benzene rings is 3. The maximum absolute atomic E-state index is 13.0. The van der Waals surface area contributed by atoms with E-state index in [9.17, 15) is 14.4 Å². The fraction of sp³-hybridized carbons (Fsp3) is 0.0800. The van der Waals surface area contributed by atoms with E-state index in [-0.39, 0.29) is 32.4 Å². The monoisotopic (exact) mass is 529 g/mol. The number of hydrogen-bond acceptors (Lipinski definition) is 5. The zero-order valence-corrected chi connectivity index (χ0v) is 20.5. The van der Waals surface area contributed by atoms with E-state index in [2.05, 4.69) is 10.6 Å². The first-order valence-electron chi connectivity index (χ1n) is 10.4. The van der Waals surface area contributed by atoms with Crippen LogP contribution in [0.4, 0.5) is 17.1 Å². The van der Waals surface area contributed by atoms with Crippen molar-refractivity contribution in [2.75, 3.05) is 22.1 Å². The molecule has 1 heterocycles. The minimum atomic E-state index is -0.707. The Hall–Kier alpha value is -3.52. The van der Waals surface area contributed by atoms with Gasteiger partial charge in [-0.25, -0.2) is 4.90 Å². The second kappa shape index (κ2) is 10.4. The highest BCUT2D eigenvalue weighted by Crippen LogP contribution is 2.33. The number of carbonyl (C=O) groups is 3. The van der Waals surface area contributed by atoms with E-state index in [0.29, 0.717) is 29.3 Å². The average molecular weight is 531 g/mol. The van der Waals surface area contributed by atoms with E-state index in [1.54, 1.807) is 42.5 Å². The molecule has 1 aliphatic heterocycles. The zero-order valence-electron chi connectivity index (χ0n) is 18.3. The molecule has 0 spiro atoms. The quantitative estimate of drug-likeness (QED) is 0.362. The molecule has 10 heteroatoms. The second-order valence-electron chi connectivity index (χ2n) is 7.35. The minimum absolute atomic E-state index is 0.101. The predicted molar refractivity (Wildman–Crippen MR) is 137 cm³/mol. The van der Waals surface area contributed by atoms with Crippen molar-refractivity contribution in [1.82, 2.24) is 0 Å². The van der Waals surface area contributed by atoms with Crippen LogP contribution in [0.3, 0.4) is 0 Å². The molecule has 7 nitrogen and oxygen atoms in total. The van der Waals surface area contributed by atoms with Gasteiger partial charge in [-0.15, -0.1) is 0 Å². The number of nitrogens with zero attached hydrogens (tertiary/aromatic N) is 1. The number of carbonyl (C=O) groups excluding carboxylic acids is 3. The highest BCUT2D eigenvalue weighted by atomic mass is 35.5. The third kappa shape index (κ3) is 5.27. The summed E-state index contributed by atoms with van der Waals surface area (Å²) < 4.78 is 5.53. The largest absolute Gasteiger partial charge is 0.492 e. The van der Waals surface area contributed by atoms with Gasteiger partial charge in [0.2, 0.25) is 0 Å². The topological polar surface area (TPSA) is 87.7 Å². The summed E-state index contributed by atoms with van der Waals surface area (Å²) in [6.07, 6.45) is 0. The Morgan fingerprint density at radius 1 is 0.914 bits per heavy atom. The molecular weight excluding hydrogens is 513 g/mol. The summed E-state index contributed by atoms with van der Waals surface area (Å²) in [7, 11) is 0. The molecule has 3 amide bonds. The van der Waals surface area contributed by atoms with Crippen LogP contribution in [0, 0.1) is 0 Å². The van der Waals surface area contributed by atoms with Crippen molar-refractivity contribution in [3.8, 4) is 5.75 Å². The first kappa shape index (κ1) is 24.6. The molecule has 3 aromatic rings.